The van der Waals surface area contributed by atoms with Gasteiger partial charge in [-0.3, -0.25) is 19.4 Å². The number of piperidine rings is 1. The molecule has 1 N–H and O–H groups in total. The Balaban J connectivity index is 1.12. The van der Waals surface area contributed by atoms with Crippen LogP contribution in [0.5, 0.6) is 0 Å². The van der Waals surface area contributed by atoms with E-state index in [1.165, 1.54) is 5.56 Å². The van der Waals surface area contributed by atoms with Crippen LogP contribution in [0.1, 0.15) is 35.2 Å². The number of nitrogens with one attached hydrogen (secondary N) is 1. The van der Waals surface area contributed by atoms with Crippen LogP contribution in [0.4, 0.5) is 11.4 Å². The van der Waals surface area contributed by atoms with E-state index in [4.69, 9.17) is 0 Å². The third-order valence-corrected chi connectivity index (χ3v) is 7.45. The molecule has 2 aromatic carbocycles. The zero-order valence-corrected chi connectivity index (χ0v) is 20.1. The molecule has 2 aromatic rings. The van der Waals surface area contributed by atoms with Gasteiger partial charge in [0.05, 0.1) is 11.4 Å². The van der Waals surface area contributed by atoms with Crippen LogP contribution in [0.2, 0.25) is 0 Å². The highest BCUT2D eigenvalue weighted by Gasteiger charge is 2.38. The summed E-state index contributed by atoms with van der Waals surface area (Å²) in [5.74, 6) is 0.0586. The molecule has 1 atom stereocenters. The number of nitrogens with zero attached hydrogens (tertiary/aromatic N) is 4. The molecule has 34 heavy (non-hydrogen) atoms. The lowest BCUT2D eigenvalue weighted by Gasteiger charge is -2.44. The van der Waals surface area contributed by atoms with Gasteiger partial charge in [0, 0.05) is 65.0 Å². The first-order valence-corrected chi connectivity index (χ1v) is 12.6. The standard InChI is InChI=1S/C27H35N5O2/c1-29-25-19-22(10-11-23(25)32-13-6-5-9-24(32)27(29)34)26(33)28-12-14-30-15-17-31(18-16-30)20-21-7-3-2-4-8-21/h2-4,7-8,10-11,19,24H,5-6,9,12-18,20H2,1H3,(H,28,33)/t24-/m0/s1. The summed E-state index contributed by atoms with van der Waals surface area (Å²) in [5.41, 5.74) is 3.88. The van der Waals surface area contributed by atoms with Crippen molar-refractivity contribution >= 4 is 23.2 Å². The van der Waals surface area contributed by atoms with Crippen molar-refractivity contribution in [2.24, 2.45) is 0 Å². The molecule has 2 amide bonds. The number of carbonyl (C=O) groups is 2. The Hall–Kier alpha value is -2.90. The topological polar surface area (TPSA) is 59.1 Å². The van der Waals surface area contributed by atoms with E-state index in [0.29, 0.717) is 12.1 Å². The second-order valence-electron chi connectivity index (χ2n) is 9.67. The summed E-state index contributed by atoms with van der Waals surface area (Å²) in [4.78, 5) is 34.5. The Morgan fingerprint density at radius 3 is 2.50 bits per heavy atom. The van der Waals surface area contributed by atoms with Crippen molar-refractivity contribution in [2.45, 2.75) is 31.8 Å². The lowest BCUT2D eigenvalue weighted by atomic mass is 9.96. The molecule has 180 valence electrons. The van der Waals surface area contributed by atoms with Crippen LogP contribution in [0.3, 0.4) is 0 Å². The minimum atomic E-state index is -0.0767. The van der Waals surface area contributed by atoms with Crippen molar-refractivity contribution in [2.75, 3.05) is 62.7 Å². The predicted octanol–water partition coefficient (Wildman–Crippen LogP) is 2.57. The average Bonchev–Trinajstić information content (AvgIpc) is 2.88. The van der Waals surface area contributed by atoms with Gasteiger partial charge in [-0.1, -0.05) is 30.3 Å². The molecular weight excluding hydrogens is 426 g/mol. The number of hydrogen-bond donors (Lipinski definition) is 1. The van der Waals surface area contributed by atoms with Crippen molar-refractivity contribution < 1.29 is 9.59 Å². The Labute approximate surface area is 202 Å². The number of fused-ring (bicyclic) bond motifs is 3. The van der Waals surface area contributed by atoms with Crippen molar-refractivity contribution in [1.82, 2.24) is 15.1 Å². The fourth-order valence-corrected chi connectivity index (χ4v) is 5.44. The number of rotatable bonds is 6. The zero-order chi connectivity index (χ0) is 23.5. The van der Waals surface area contributed by atoms with Gasteiger partial charge in [-0.05, 0) is 43.0 Å². The second kappa shape index (κ2) is 10.2. The maximum Gasteiger partial charge on any atom is 0.251 e. The largest absolute Gasteiger partial charge is 0.358 e. The number of anilines is 2. The van der Waals surface area contributed by atoms with E-state index in [1.807, 2.05) is 25.2 Å². The van der Waals surface area contributed by atoms with Crippen molar-refractivity contribution in [3.8, 4) is 0 Å². The molecule has 0 aliphatic carbocycles. The number of benzene rings is 2. The van der Waals surface area contributed by atoms with Gasteiger partial charge in [0.2, 0.25) is 5.91 Å². The zero-order valence-electron chi connectivity index (χ0n) is 20.1. The lowest BCUT2D eigenvalue weighted by Crippen LogP contribution is -2.54. The van der Waals surface area contributed by atoms with Crippen LogP contribution in [-0.2, 0) is 11.3 Å². The molecule has 0 unspecified atom stereocenters. The summed E-state index contributed by atoms with van der Waals surface area (Å²) in [6.07, 6.45) is 3.11. The smallest absolute Gasteiger partial charge is 0.251 e. The molecular formula is C27H35N5O2. The highest BCUT2D eigenvalue weighted by atomic mass is 16.2. The lowest BCUT2D eigenvalue weighted by molar-refractivity contribution is -0.120. The fraction of sp³-hybridized carbons (Fsp3) is 0.481. The number of carbonyl (C=O) groups excluding carboxylic acids is 2. The molecule has 0 radical (unpaired) electrons. The quantitative estimate of drug-likeness (QED) is 0.717. The first-order chi connectivity index (χ1) is 16.6. The molecule has 3 aliphatic heterocycles. The minimum absolute atomic E-state index is 0.0564. The van der Waals surface area contributed by atoms with Gasteiger partial charge in [-0.2, -0.15) is 0 Å². The van der Waals surface area contributed by atoms with Gasteiger partial charge in [-0.25, -0.2) is 0 Å². The van der Waals surface area contributed by atoms with Gasteiger partial charge in [0.1, 0.15) is 6.04 Å². The van der Waals surface area contributed by atoms with Gasteiger partial charge in [0.25, 0.3) is 5.91 Å². The number of likely N-dealkylation sites (N-methyl/N-ethyl adjacent to an activating group) is 1. The first-order valence-electron chi connectivity index (χ1n) is 12.6. The molecule has 7 nitrogen and oxygen atoms in total. The Morgan fingerprint density at radius 2 is 1.71 bits per heavy atom. The van der Waals surface area contributed by atoms with Crippen molar-refractivity contribution in [1.29, 1.82) is 0 Å². The number of piperazine rings is 1. The van der Waals surface area contributed by atoms with Gasteiger partial charge in [0.15, 0.2) is 0 Å². The normalized spacial score (nSPS) is 21.2. The maximum absolute atomic E-state index is 12.9. The van der Waals surface area contributed by atoms with Crippen LogP contribution >= 0.6 is 0 Å². The number of amides is 2. The molecule has 0 saturated carbocycles. The molecule has 0 spiro atoms. The van der Waals surface area contributed by atoms with Gasteiger partial charge >= 0.3 is 0 Å². The van der Waals surface area contributed by atoms with E-state index in [2.05, 4.69) is 50.3 Å². The minimum Gasteiger partial charge on any atom is -0.358 e. The summed E-state index contributed by atoms with van der Waals surface area (Å²) in [6, 6.07) is 16.3. The van der Waals surface area contributed by atoms with E-state index in [-0.39, 0.29) is 17.9 Å². The van der Waals surface area contributed by atoms with Gasteiger partial charge < -0.3 is 15.1 Å². The average molecular weight is 462 g/mol. The third-order valence-electron chi connectivity index (χ3n) is 7.45. The van der Waals surface area contributed by atoms with Crippen LogP contribution in [0.25, 0.3) is 0 Å². The van der Waals surface area contributed by atoms with Crippen molar-refractivity contribution in [3.05, 3.63) is 59.7 Å². The van der Waals surface area contributed by atoms with Crippen LogP contribution in [-0.4, -0.2) is 80.5 Å². The highest BCUT2D eigenvalue weighted by molar-refractivity contribution is 6.07. The third kappa shape index (κ3) is 4.81. The monoisotopic (exact) mass is 461 g/mol. The fourth-order valence-electron chi connectivity index (χ4n) is 5.44. The molecule has 3 aliphatic rings. The molecule has 7 heteroatoms. The van der Waals surface area contributed by atoms with E-state index >= 15 is 0 Å². The van der Waals surface area contributed by atoms with E-state index in [1.54, 1.807) is 4.90 Å². The second-order valence-corrected chi connectivity index (χ2v) is 9.67. The highest BCUT2D eigenvalue weighted by Crippen LogP contribution is 2.39. The summed E-state index contributed by atoms with van der Waals surface area (Å²) in [6.45, 7) is 7.51. The van der Waals surface area contributed by atoms with Crippen LogP contribution in [0, 0.1) is 0 Å². The van der Waals surface area contributed by atoms with E-state index in [0.717, 1.165) is 76.5 Å². The maximum atomic E-state index is 12.9. The van der Waals surface area contributed by atoms with Crippen LogP contribution < -0.4 is 15.1 Å². The Morgan fingerprint density at radius 1 is 0.941 bits per heavy atom. The van der Waals surface area contributed by atoms with E-state index < -0.39 is 0 Å². The number of hydrogen-bond acceptors (Lipinski definition) is 5. The van der Waals surface area contributed by atoms with Crippen molar-refractivity contribution in [3.63, 3.8) is 0 Å². The summed E-state index contributed by atoms with van der Waals surface area (Å²) in [5, 5.41) is 3.08. The summed E-state index contributed by atoms with van der Waals surface area (Å²) in [7, 11) is 1.83. The summed E-state index contributed by atoms with van der Waals surface area (Å²) >= 11 is 0. The molecule has 0 bridgehead atoms. The molecule has 0 aromatic heterocycles. The summed E-state index contributed by atoms with van der Waals surface area (Å²) < 4.78 is 0. The molecule has 5 rings (SSSR count). The predicted molar refractivity (Wildman–Crippen MR) is 135 cm³/mol. The Kier molecular flexibility index (Phi) is 6.83. The van der Waals surface area contributed by atoms with Gasteiger partial charge in [-0.15, -0.1) is 0 Å². The van der Waals surface area contributed by atoms with E-state index in [9.17, 15) is 9.59 Å². The Bertz CT molecular complexity index is 1020. The molecule has 3 heterocycles. The van der Waals surface area contributed by atoms with Crippen LogP contribution in [0.15, 0.2) is 48.5 Å². The molecule has 2 saturated heterocycles. The SMILES string of the molecule is CN1C(=O)[C@@H]2CCCCN2c2ccc(C(=O)NCCN3CCN(Cc4ccccc4)CC3)cc21. The molecule has 2 fully saturated rings. The first kappa shape index (κ1) is 22.9.